The molecule has 4 heteroatoms. The third-order valence-corrected chi connectivity index (χ3v) is 3.66. The lowest BCUT2D eigenvalue weighted by Gasteiger charge is -2.12. The molecular weight excluding hydrogens is 280 g/mol. The Bertz CT molecular complexity index is 310. The summed E-state index contributed by atoms with van der Waals surface area (Å²) in [6.45, 7) is 2.22. The minimum Gasteiger partial charge on any atom is -0.478 e. The smallest absolute Gasteiger partial charge is 0.328 e. The maximum Gasteiger partial charge on any atom is 0.328 e. The van der Waals surface area contributed by atoms with Gasteiger partial charge in [-0.15, -0.1) is 0 Å². The van der Waals surface area contributed by atoms with Gasteiger partial charge in [0.15, 0.2) is 0 Å². The van der Waals surface area contributed by atoms with E-state index in [1.807, 2.05) is 6.08 Å². The molecule has 0 saturated heterocycles. The van der Waals surface area contributed by atoms with Crippen LogP contribution in [-0.2, 0) is 9.68 Å². The number of hydrogen-bond donors (Lipinski definition) is 2. The van der Waals surface area contributed by atoms with Gasteiger partial charge in [0.25, 0.3) is 0 Å². The van der Waals surface area contributed by atoms with Crippen molar-refractivity contribution in [3.05, 3.63) is 24.3 Å². The Morgan fingerprint density at radius 2 is 1.64 bits per heavy atom. The predicted molar refractivity (Wildman–Crippen MR) is 89.9 cm³/mol. The van der Waals surface area contributed by atoms with Gasteiger partial charge in [-0.2, -0.15) is 0 Å². The van der Waals surface area contributed by atoms with Gasteiger partial charge in [0.05, 0.1) is 6.10 Å². The van der Waals surface area contributed by atoms with E-state index in [0.29, 0.717) is 0 Å². The second-order valence-corrected chi connectivity index (χ2v) is 5.69. The van der Waals surface area contributed by atoms with Crippen molar-refractivity contribution >= 4 is 5.97 Å². The molecule has 22 heavy (non-hydrogen) atoms. The minimum absolute atomic E-state index is 0.0707. The quantitative estimate of drug-likeness (QED) is 0.141. The molecule has 0 spiro atoms. The average Bonchev–Trinajstić information content (AvgIpc) is 2.50. The van der Waals surface area contributed by atoms with Gasteiger partial charge in [0, 0.05) is 6.08 Å². The van der Waals surface area contributed by atoms with E-state index in [1.165, 1.54) is 44.6 Å². The highest BCUT2D eigenvalue weighted by atomic mass is 17.1. The highest BCUT2D eigenvalue weighted by Gasteiger charge is 2.07. The van der Waals surface area contributed by atoms with Gasteiger partial charge in [-0.05, 0) is 25.7 Å². The highest BCUT2D eigenvalue weighted by molar-refractivity contribution is 5.80. The first-order valence-electron chi connectivity index (χ1n) is 8.57. The van der Waals surface area contributed by atoms with Gasteiger partial charge >= 0.3 is 5.97 Å². The lowest BCUT2D eigenvalue weighted by atomic mass is 10.0. The van der Waals surface area contributed by atoms with Crippen molar-refractivity contribution in [1.29, 1.82) is 0 Å². The van der Waals surface area contributed by atoms with E-state index in [9.17, 15) is 4.79 Å². The molecule has 0 heterocycles. The van der Waals surface area contributed by atoms with Crippen LogP contribution >= 0.6 is 0 Å². The van der Waals surface area contributed by atoms with Crippen molar-refractivity contribution in [2.45, 2.75) is 83.7 Å². The maximum atomic E-state index is 10.3. The number of carboxylic acid groups (broad SMARTS) is 1. The third-order valence-electron chi connectivity index (χ3n) is 3.66. The van der Waals surface area contributed by atoms with Crippen LogP contribution in [0.2, 0.25) is 0 Å². The normalized spacial score (nSPS) is 13.2. The summed E-state index contributed by atoms with van der Waals surface area (Å²) in [7, 11) is 0. The van der Waals surface area contributed by atoms with Crippen LogP contribution in [0, 0.1) is 0 Å². The van der Waals surface area contributed by atoms with Crippen LogP contribution in [0.3, 0.4) is 0 Å². The monoisotopic (exact) mass is 312 g/mol. The molecule has 4 nitrogen and oxygen atoms in total. The Morgan fingerprint density at radius 3 is 2.27 bits per heavy atom. The van der Waals surface area contributed by atoms with Crippen LogP contribution in [0.15, 0.2) is 24.3 Å². The van der Waals surface area contributed by atoms with E-state index in [4.69, 9.17) is 10.4 Å². The molecule has 0 aliphatic carbocycles. The molecule has 0 rings (SSSR count). The van der Waals surface area contributed by atoms with Gasteiger partial charge in [0.1, 0.15) is 0 Å². The van der Waals surface area contributed by atoms with Crippen molar-refractivity contribution in [2.75, 3.05) is 0 Å². The van der Waals surface area contributed by atoms with Crippen molar-refractivity contribution in [3.63, 3.8) is 0 Å². The molecule has 0 aliphatic heterocycles. The molecule has 0 aliphatic rings. The molecule has 0 fully saturated rings. The summed E-state index contributed by atoms with van der Waals surface area (Å²) in [6.07, 6.45) is 18.6. The average molecular weight is 312 g/mol. The molecule has 0 aromatic heterocycles. The second kappa shape index (κ2) is 16.2. The van der Waals surface area contributed by atoms with Gasteiger partial charge in [-0.25, -0.2) is 9.68 Å². The van der Waals surface area contributed by atoms with Crippen molar-refractivity contribution in [1.82, 2.24) is 0 Å². The highest BCUT2D eigenvalue weighted by Crippen LogP contribution is 2.14. The van der Waals surface area contributed by atoms with Crippen LogP contribution in [0.1, 0.15) is 77.6 Å². The summed E-state index contributed by atoms with van der Waals surface area (Å²) in [6, 6.07) is 0. The lowest BCUT2D eigenvalue weighted by molar-refractivity contribution is -0.281. The Balaban J connectivity index is 3.52. The first kappa shape index (κ1) is 20.9. The molecule has 2 N–H and O–H groups in total. The summed E-state index contributed by atoms with van der Waals surface area (Å²) in [4.78, 5) is 14.8. The number of carbonyl (C=O) groups is 1. The number of allylic oxidation sites excluding steroid dienone is 3. The Morgan fingerprint density at radius 1 is 1.00 bits per heavy atom. The first-order chi connectivity index (χ1) is 10.7. The molecule has 128 valence electrons. The van der Waals surface area contributed by atoms with E-state index < -0.39 is 5.97 Å². The Hall–Kier alpha value is -1.13. The molecule has 0 radical (unpaired) electrons. The first-order valence-corrected chi connectivity index (χ1v) is 8.57. The van der Waals surface area contributed by atoms with Crippen LogP contribution in [-0.4, -0.2) is 22.4 Å². The topological polar surface area (TPSA) is 66.8 Å². The molecule has 0 amide bonds. The lowest BCUT2D eigenvalue weighted by Crippen LogP contribution is -2.10. The van der Waals surface area contributed by atoms with Crippen molar-refractivity contribution in [3.8, 4) is 0 Å². The van der Waals surface area contributed by atoms with Crippen LogP contribution in [0.5, 0.6) is 0 Å². The van der Waals surface area contributed by atoms with Crippen molar-refractivity contribution in [2.24, 2.45) is 0 Å². The molecule has 0 saturated carbocycles. The van der Waals surface area contributed by atoms with Crippen molar-refractivity contribution < 1.29 is 20.0 Å². The predicted octanol–water partition coefficient (Wildman–Crippen LogP) is 5.35. The minimum atomic E-state index is -0.937. The van der Waals surface area contributed by atoms with E-state index in [1.54, 1.807) is 6.08 Å². The summed E-state index contributed by atoms with van der Waals surface area (Å²) < 4.78 is 0. The molecule has 0 unspecified atom stereocenters. The molecule has 1 atom stereocenters. The van der Waals surface area contributed by atoms with Crippen LogP contribution in [0.25, 0.3) is 0 Å². The third kappa shape index (κ3) is 15.3. The summed E-state index contributed by atoms with van der Waals surface area (Å²) in [5.41, 5.74) is 0. The standard InChI is InChI=1S/C18H32O4/c1-2-3-4-5-6-8-11-14-17(22-21)15-12-9-7-10-13-16-18(19)20/h7,10,13,16-17,21H,2-6,8-9,11-12,14-15H2,1H3,(H,19,20)/t17-/m0/s1. The van der Waals surface area contributed by atoms with E-state index >= 15 is 0 Å². The number of rotatable bonds is 15. The Kier molecular flexibility index (Phi) is 15.4. The van der Waals surface area contributed by atoms with E-state index in [-0.39, 0.29) is 6.10 Å². The van der Waals surface area contributed by atoms with Gasteiger partial charge in [0.2, 0.25) is 0 Å². The molecule has 0 aromatic rings. The van der Waals surface area contributed by atoms with Gasteiger partial charge in [-0.1, -0.05) is 70.1 Å². The SMILES string of the molecule is CCCCCCCCC[C@@H](CCCC=CC=CC(=O)O)OO. The molecular formula is C18H32O4. The number of carboxylic acids is 1. The number of aliphatic carboxylic acids is 1. The largest absolute Gasteiger partial charge is 0.478 e. The summed E-state index contributed by atoms with van der Waals surface area (Å²) >= 11 is 0. The number of hydrogen-bond acceptors (Lipinski definition) is 3. The van der Waals surface area contributed by atoms with Gasteiger partial charge in [-0.3, -0.25) is 5.26 Å². The van der Waals surface area contributed by atoms with Crippen LogP contribution in [0.4, 0.5) is 0 Å². The zero-order chi connectivity index (χ0) is 16.5. The fraction of sp³-hybridized carbons (Fsp3) is 0.722. The number of unbranched alkanes of at least 4 members (excludes halogenated alkanes) is 7. The Labute approximate surface area is 134 Å². The summed E-state index contributed by atoms with van der Waals surface area (Å²) in [5.74, 6) is -0.937. The second-order valence-electron chi connectivity index (χ2n) is 5.69. The van der Waals surface area contributed by atoms with Gasteiger partial charge < -0.3 is 5.11 Å². The summed E-state index contributed by atoms with van der Waals surface area (Å²) in [5, 5.41) is 17.3. The molecule has 0 aromatic carbocycles. The van der Waals surface area contributed by atoms with E-state index in [2.05, 4.69) is 11.8 Å². The fourth-order valence-electron chi connectivity index (χ4n) is 2.35. The zero-order valence-electron chi connectivity index (χ0n) is 13.9. The zero-order valence-corrected chi connectivity index (χ0v) is 13.9. The maximum absolute atomic E-state index is 10.3. The van der Waals surface area contributed by atoms with Crippen LogP contribution < -0.4 is 0 Å². The fourth-order valence-corrected chi connectivity index (χ4v) is 2.35. The molecule has 0 bridgehead atoms. The van der Waals surface area contributed by atoms with E-state index in [0.717, 1.165) is 38.2 Å².